The lowest BCUT2D eigenvalue weighted by molar-refractivity contribution is 0.118. The molecule has 0 aromatic heterocycles. The Bertz CT molecular complexity index is 205. The van der Waals surface area contributed by atoms with Crippen molar-refractivity contribution in [1.29, 1.82) is 0 Å². The summed E-state index contributed by atoms with van der Waals surface area (Å²) in [5.41, 5.74) is 0. The van der Waals surface area contributed by atoms with Gasteiger partial charge in [-0.3, -0.25) is 0 Å². The quantitative estimate of drug-likeness (QED) is 0.729. The predicted molar refractivity (Wildman–Crippen MR) is 59.8 cm³/mol. The molecule has 0 aliphatic heterocycles. The van der Waals surface area contributed by atoms with E-state index in [4.69, 9.17) is 4.74 Å². The van der Waals surface area contributed by atoms with Crippen LogP contribution < -0.4 is 10.6 Å². The summed E-state index contributed by atoms with van der Waals surface area (Å²) in [5, 5.41) is 5.75. The highest BCUT2D eigenvalue weighted by Crippen LogP contribution is 2.29. The van der Waals surface area contributed by atoms with E-state index in [1.807, 2.05) is 6.92 Å². The molecule has 2 atom stereocenters. The Morgan fingerprint density at radius 3 is 2.60 bits per heavy atom. The first-order valence-corrected chi connectivity index (χ1v) is 5.70. The number of ether oxygens (including phenoxy) is 1. The fraction of sp³-hybridized carbons (Fsp3) is 0.909. The molecule has 2 N–H and O–H groups in total. The van der Waals surface area contributed by atoms with Gasteiger partial charge in [-0.15, -0.1) is 0 Å². The molecule has 88 valence electrons. The number of rotatable bonds is 5. The smallest absolute Gasteiger partial charge is 0.315 e. The van der Waals surface area contributed by atoms with Gasteiger partial charge in [0.25, 0.3) is 0 Å². The van der Waals surface area contributed by atoms with E-state index in [1.165, 1.54) is 19.3 Å². The summed E-state index contributed by atoms with van der Waals surface area (Å²) in [6.45, 7) is 4.55. The van der Waals surface area contributed by atoms with Crippen LogP contribution >= 0.6 is 0 Å². The molecule has 1 saturated carbocycles. The first-order valence-electron chi connectivity index (χ1n) is 5.70. The van der Waals surface area contributed by atoms with Crippen LogP contribution in [0, 0.1) is 5.92 Å². The number of methoxy groups -OCH3 is 1. The van der Waals surface area contributed by atoms with Crippen LogP contribution in [0.4, 0.5) is 4.79 Å². The Hall–Kier alpha value is -0.770. The number of carbonyl (C=O) groups is 1. The average molecular weight is 214 g/mol. The van der Waals surface area contributed by atoms with Crippen LogP contribution in [0.2, 0.25) is 0 Å². The van der Waals surface area contributed by atoms with E-state index >= 15 is 0 Å². The highest BCUT2D eigenvalue weighted by atomic mass is 16.5. The molecule has 0 aromatic carbocycles. The second-order valence-corrected chi connectivity index (χ2v) is 4.38. The van der Waals surface area contributed by atoms with Crippen LogP contribution in [0.5, 0.6) is 0 Å². The van der Waals surface area contributed by atoms with Crippen molar-refractivity contribution >= 4 is 6.03 Å². The van der Waals surface area contributed by atoms with Gasteiger partial charge >= 0.3 is 6.03 Å². The summed E-state index contributed by atoms with van der Waals surface area (Å²) in [6, 6.07) is 0.204. The van der Waals surface area contributed by atoms with E-state index in [9.17, 15) is 4.79 Å². The molecular formula is C11H22N2O2. The van der Waals surface area contributed by atoms with Crippen LogP contribution in [0.3, 0.4) is 0 Å². The van der Waals surface area contributed by atoms with E-state index in [1.54, 1.807) is 7.11 Å². The predicted octanol–water partition coefficient (Wildman–Crippen LogP) is 1.51. The maximum atomic E-state index is 11.4. The molecule has 0 saturated heterocycles. The lowest BCUT2D eigenvalue weighted by atomic mass is 9.80. The normalized spacial score (nSPS) is 20.2. The zero-order valence-electron chi connectivity index (χ0n) is 9.88. The Labute approximate surface area is 91.8 Å². The number of nitrogens with one attached hydrogen (secondary N) is 2. The highest BCUT2D eigenvalue weighted by molar-refractivity contribution is 5.74. The molecule has 0 radical (unpaired) electrons. The molecular weight excluding hydrogens is 192 g/mol. The van der Waals surface area contributed by atoms with Crippen molar-refractivity contribution in [2.75, 3.05) is 13.7 Å². The van der Waals surface area contributed by atoms with Gasteiger partial charge in [0.2, 0.25) is 0 Å². The van der Waals surface area contributed by atoms with Gasteiger partial charge < -0.3 is 15.4 Å². The van der Waals surface area contributed by atoms with Crippen molar-refractivity contribution in [3.05, 3.63) is 0 Å². The molecule has 15 heavy (non-hydrogen) atoms. The third-order valence-electron chi connectivity index (χ3n) is 3.17. The summed E-state index contributed by atoms with van der Waals surface area (Å²) in [4.78, 5) is 11.4. The second-order valence-electron chi connectivity index (χ2n) is 4.38. The van der Waals surface area contributed by atoms with Gasteiger partial charge in [-0.25, -0.2) is 4.79 Å². The maximum absolute atomic E-state index is 11.4. The highest BCUT2D eigenvalue weighted by Gasteiger charge is 2.24. The molecule has 2 amide bonds. The Balaban J connectivity index is 2.11. The first kappa shape index (κ1) is 12.3. The van der Waals surface area contributed by atoms with Crippen molar-refractivity contribution in [1.82, 2.24) is 10.6 Å². The van der Waals surface area contributed by atoms with Gasteiger partial charge in [0.1, 0.15) is 0 Å². The fourth-order valence-electron chi connectivity index (χ4n) is 1.64. The molecule has 4 nitrogen and oxygen atoms in total. The van der Waals surface area contributed by atoms with Gasteiger partial charge in [0.05, 0.1) is 6.10 Å². The molecule has 1 aliphatic carbocycles. The van der Waals surface area contributed by atoms with Crippen LogP contribution in [0.25, 0.3) is 0 Å². The molecule has 0 bridgehead atoms. The summed E-state index contributed by atoms with van der Waals surface area (Å²) >= 11 is 0. The van der Waals surface area contributed by atoms with Crippen molar-refractivity contribution < 1.29 is 9.53 Å². The molecule has 1 aliphatic rings. The van der Waals surface area contributed by atoms with Crippen molar-refractivity contribution in [2.45, 2.75) is 45.3 Å². The molecule has 0 aromatic rings. The first-order chi connectivity index (χ1) is 7.13. The molecule has 1 rings (SSSR count). The fourth-order valence-corrected chi connectivity index (χ4v) is 1.64. The van der Waals surface area contributed by atoms with E-state index in [2.05, 4.69) is 17.6 Å². The van der Waals surface area contributed by atoms with Gasteiger partial charge in [0, 0.05) is 19.7 Å². The van der Waals surface area contributed by atoms with Gasteiger partial charge in [0.15, 0.2) is 0 Å². The summed E-state index contributed by atoms with van der Waals surface area (Å²) < 4.78 is 5.04. The van der Waals surface area contributed by atoms with Crippen molar-refractivity contribution in [3.63, 3.8) is 0 Å². The third-order valence-corrected chi connectivity index (χ3v) is 3.17. The summed E-state index contributed by atoms with van der Waals surface area (Å²) in [7, 11) is 1.64. The van der Waals surface area contributed by atoms with Crippen LogP contribution in [-0.2, 0) is 4.74 Å². The van der Waals surface area contributed by atoms with Gasteiger partial charge in [-0.2, -0.15) is 0 Å². The second kappa shape index (κ2) is 5.95. The summed E-state index contributed by atoms with van der Waals surface area (Å²) in [6.07, 6.45) is 3.86. The number of hydrogen-bond donors (Lipinski definition) is 2. The van der Waals surface area contributed by atoms with Crippen molar-refractivity contribution in [3.8, 4) is 0 Å². The zero-order valence-corrected chi connectivity index (χ0v) is 9.88. The zero-order chi connectivity index (χ0) is 11.3. The van der Waals surface area contributed by atoms with E-state index in [0.717, 1.165) is 0 Å². The largest absolute Gasteiger partial charge is 0.380 e. The lowest BCUT2D eigenvalue weighted by Gasteiger charge is -2.31. The van der Waals surface area contributed by atoms with E-state index in [0.29, 0.717) is 12.5 Å². The Kier molecular flexibility index (Phi) is 4.88. The number of amides is 2. The van der Waals surface area contributed by atoms with E-state index < -0.39 is 0 Å². The number of urea groups is 1. The van der Waals surface area contributed by atoms with E-state index in [-0.39, 0.29) is 18.2 Å². The molecule has 0 heterocycles. The van der Waals surface area contributed by atoms with Crippen LogP contribution in [0.15, 0.2) is 0 Å². The summed E-state index contributed by atoms with van der Waals surface area (Å²) in [5.74, 6) is 0.676. The van der Waals surface area contributed by atoms with Gasteiger partial charge in [-0.05, 0) is 32.6 Å². The maximum Gasteiger partial charge on any atom is 0.315 e. The standard InChI is InChI=1S/C11H22N2O2/c1-8(15-3)7-12-11(14)13-9(2)10-5-4-6-10/h8-10H,4-7H2,1-3H3,(H2,12,13,14)/t8-,9+/m0/s1. The molecule has 1 fully saturated rings. The van der Waals surface area contributed by atoms with Crippen LogP contribution in [-0.4, -0.2) is 31.8 Å². The number of carbonyl (C=O) groups excluding carboxylic acids is 1. The lowest BCUT2D eigenvalue weighted by Crippen LogP contribution is -2.47. The minimum absolute atomic E-state index is 0.0646. The topological polar surface area (TPSA) is 50.4 Å². The average Bonchev–Trinajstić information content (AvgIpc) is 2.11. The third kappa shape index (κ3) is 4.08. The monoisotopic (exact) mass is 214 g/mol. The van der Waals surface area contributed by atoms with Crippen molar-refractivity contribution in [2.24, 2.45) is 5.92 Å². The minimum atomic E-state index is -0.0849. The van der Waals surface area contributed by atoms with Crippen LogP contribution in [0.1, 0.15) is 33.1 Å². The Morgan fingerprint density at radius 2 is 2.13 bits per heavy atom. The molecule has 0 unspecified atom stereocenters. The number of hydrogen-bond acceptors (Lipinski definition) is 2. The van der Waals surface area contributed by atoms with Gasteiger partial charge in [-0.1, -0.05) is 6.42 Å². The molecule has 4 heteroatoms. The Morgan fingerprint density at radius 1 is 1.47 bits per heavy atom. The SMILES string of the molecule is CO[C@@H](C)CNC(=O)N[C@H](C)C1CCC1. The minimum Gasteiger partial charge on any atom is -0.380 e. The molecule has 0 spiro atoms.